The predicted octanol–water partition coefficient (Wildman–Crippen LogP) is 4.73. The van der Waals surface area contributed by atoms with Crippen molar-refractivity contribution >= 4 is 38.4 Å². The smallest absolute Gasteiger partial charge is 0.264 e. The van der Waals surface area contributed by atoms with Gasteiger partial charge in [-0.25, -0.2) is 18.1 Å². The topological polar surface area (TPSA) is 122 Å². The van der Waals surface area contributed by atoms with Crippen LogP contribution in [0, 0.1) is 11.8 Å². The Kier molecular flexibility index (Phi) is 8.80. The van der Waals surface area contributed by atoms with E-state index in [1.54, 1.807) is 22.8 Å². The first kappa shape index (κ1) is 32.1. The molecule has 0 bridgehead atoms. The number of carbonyl (C=O) groups is 2. The maximum absolute atomic E-state index is 14.1. The third-order valence-electron chi connectivity index (χ3n) is 9.62. The van der Waals surface area contributed by atoms with Crippen LogP contribution in [0.5, 0.6) is 0 Å². The van der Waals surface area contributed by atoms with E-state index in [-0.39, 0.29) is 28.2 Å². The lowest BCUT2D eigenvalue weighted by molar-refractivity contribution is -0.132. The molecule has 11 heteroatoms. The first-order valence-corrected chi connectivity index (χ1v) is 18.5. The van der Waals surface area contributed by atoms with Crippen molar-refractivity contribution < 1.29 is 18.0 Å². The molecule has 2 saturated carbocycles. The minimum atomic E-state index is -4.04. The average Bonchev–Trinajstić information content (AvgIpc) is 4.03. The summed E-state index contributed by atoms with van der Waals surface area (Å²) < 4.78 is 30.3. The zero-order chi connectivity index (χ0) is 33.4. The number of anilines is 1. The van der Waals surface area contributed by atoms with Crippen molar-refractivity contribution in [2.45, 2.75) is 63.3 Å². The van der Waals surface area contributed by atoms with E-state index in [9.17, 15) is 22.8 Å². The molecule has 0 unspecified atom stereocenters. The van der Waals surface area contributed by atoms with Gasteiger partial charge in [0.1, 0.15) is 5.82 Å². The molecule has 0 spiro atoms. The van der Waals surface area contributed by atoms with Gasteiger partial charge in [-0.3, -0.25) is 19.0 Å². The molecule has 3 aromatic carbocycles. The standard InChI is InChI=1S/C37H41N5O5S/c1-2-3-8-34-38-32-18-17-29(40-19-21-41(22-20-40)36(44)28-15-16-28)23-31(32)37(45)42(34)24-25-9-11-26(12-10-25)30-6-4-5-7-33(30)48(46,47)39-35(43)27-13-14-27/h4-7,9-12,17-18,23,27-28H,2-3,8,13-16,19-22,24H2,1H3,(H,39,43). The van der Waals surface area contributed by atoms with Gasteiger partial charge in [-0.05, 0) is 67.5 Å². The van der Waals surface area contributed by atoms with Crippen LogP contribution in [0.15, 0.2) is 76.4 Å². The highest BCUT2D eigenvalue weighted by Gasteiger charge is 2.35. The lowest BCUT2D eigenvalue weighted by atomic mass is 10.0. The number of sulfonamides is 1. The summed E-state index contributed by atoms with van der Waals surface area (Å²) in [5.41, 5.74) is 3.61. The Morgan fingerprint density at radius 2 is 1.60 bits per heavy atom. The number of amides is 2. The Morgan fingerprint density at radius 1 is 0.896 bits per heavy atom. The molecule has 7 rings (SSSR count). The Balaban J connectivity index is 1.14. The Morgan fingerprint density at radius 3 is 2.29 bits per heavy atom. The SMILES string of the molecule is CCCCc1nc2ccc(N3CCN(C(=O)C4CC4)CC3)cc2c(=O)n1Cc1ccc(-c2ccccc2S(=O)(=O)NC(=O)C2CC2)cc1. The maximum atomic E-state index is 14.1. The highest BCUT2D eigenvalue weighted by atomic mass is 32.2. The summed E-state index contributed by atoms with van der Waals surface area (Å²) in [5, 5.41) is 0.563. The normalized spacial score (nSPS) is 16.7. The van der Waals surface area contributed by atoms with E-state index in [1.165, 1.54) is 6.07 Å². The second-order valence-electron chi connectivity index (χ2n) is 13.2. The lowest BCUT2D eigenvalue weighted by Gasteiger charge is -2.36. The van der Waals surface area contributed by atoms with Gasteiger partial charge >= 0.3 is 0 Å². The molecule has 0 radical (unpaired) electrons. The minimum absolute atomic E-state index is 0.0512. The monoisotopic (exact) mass is 667 g/mol. The van der Waals surface area contributed by atoms with Gasteiger partial charge in [-0.2, -0.15) is 0 Å². The van der Waals surface area contributed by atoms with Crippen molar-refractivity contribution in [3.8, 4) is 11.1 Å². The summed E-state index contributed by atoms with van der Waals surface area (Å²) in [6.07, 6.45) is 5.99. The largest absolute Gasteiger partial charge is 0.368 e. The highest BCUT2D eigenvalue weighted by Crippen LogP contribution is 2.33. The molecule has 3 fully saturated rings. The number of aromatic nitrogens is 2. The third-order valence-corrected chi connectivity index (χ3v) is 11.0. The predicted molar refractivity (Wildman–Crippen MR) is 185 cm³/mol. The van der Waals surface area contributed by atoms with Crippen LogP contribution in [0.4, 0.5) is 5.69 Å². The Bertz CT molecular complexity index is 2030. The number of nitrogens with one attached hydrogen (secondary N) is 1. The van der Waals surface area contributed by atoms with Crippen LogP contribution < -0.4 is 15.2 Å². The number of rotatable bonds is 11. The zero-order valence-electron chi connectivity index (χ0n) is 27.2. The van der Waals surface area contributed by atoms with Crippen LogP contribution in [0.3, 0.4) is 0 Å². The molecule has 1 saturated heterocycles. The van der Waals surface area contributed by atoms with Gasteiger partial charge < -0.3 is 9.80 Å². The summed E-state index contributed by atoms with van der Waals surface area (Å²) in [7, 11) is -4.04. The number of unbranched alkanes of at least 4 members (excludes halogenated alkanes) is 1. The van der Waals surface area contributed by atoms with Crippen LogP contribution in [0.25, 0.3) is 22.0 Å². The van der Waals surface area contributed by atoms with Gasteiger partial charge in [0.2, 0.25) is 11.8 Å². The molecule has 2 heterocycles. The molecule has 1 aliphatic heterocycles. The van der Waals surface area contributed by atoms with Crippen molar-refractivity contribution in [2.24, 2.45) is 11.8 Å². The van der Waals surface area contributed by atoms with E-state index >= 15 is 0 Å². The van der Waals surface area contributed by atoms with Gasteiger partial charge in [0.25, 0.3) is 15.6 Å². The quantitative estimate of drug-likeness (QED) is 0.246. The number of benzene rings is 3. The summed E-state index contributed by atoms with van der Waals surface area (Å²) in [4.78, 5) is 48.1. The Labute approximate surface area is 280 Å². The molecule has 2 amide bonds. The number of carbonyl (C=O) groups excluding carboxylic acids is 2. The van der Waals surface area contributed by atoms with E-state index in [0.717, 1.165) is 55.8 Å². The second-order valence-corrected chi connectivity index (χ2v) is 14.9. The molecule has 2 aliphatic carbocycles. The fourth-order valence-corrected chi connectivity index (χ4v) is 7.72. The fraction of sp³-hybridized carbons (Fsp3) is 0.405. The van der Waals surface area contributed by atoms with E-state index in [1.807, 2.05) is 47.4 Å². The van der Waals surface area contributed by atoms with E-state index in [0.29, 0.717) is 60.9 Å². The summed E-state index contributed by atoms with van der Waals surface area (Å²) in [5.74, 6) is 0.550. The molecule has 4 aromatic rings. The molecular weight excluding hydrogens is 627 g/mol. The minimum Gasteiger partial charge on any atom is -0.368 e. The van der Waals surface area contributed by atoms with Crippen molar-refractivity contribution in [2.75, 3.05) is 31.1 Å². The number of aryl methyl sites for hydroxylation is 1. The van der Waals surface area contributed by atoms with Crippen LogP contribution in [0.1, 0.15) is 56.8 Å². The van der Waals surface area contributed by atoms with E-state index in [2.05, 4.69) is 16.5 Å². The van der Waals surface area contributed by atoms with Crippen molar-refractivity contribution in [3.05, 3.63) is 88.5 Å². The fourth-order valence-electron chi connectivity index (χ4n) is 6.44. The van der Waals surface area contributed by atoms with Crippen LogP contribution >= 0.6 is 0 Å². The van der Waals surface area contributed by atoms with E-state index in [4.69, 9.17) is 4.98 Å². The van der Waals surface area contributed by atoms with Gasteiger partial charge in [-0.1, -0.05) is 55.8 Å². The van der Waals surface area contributed by atoms with Crippen molar-refractivity contribution in [1.29, 1.82) is 0 Å². The molecule has 0 atom stereocenters. The van der Waals surface area contributed by atoms with Crippen LogP contribution in [-0.4, -0.2) is 60.9 Å². The molecule has 1 aromatic heterocycles. The molecule has 1 N–H and O–H groups in total. The van der Waals surface area contributed by atoms with Gasteiger partial charge in [0, 0.05) is 55.7 Å². The first-order chi connectivity index (χ1) is 23.2. The molecule has 250 valence electrons. The number of piperazine rings is 1. The molecule has 10 nitrogen and oxygen atoms in total. The highest BCUT2D eigenvalue weighted by molar-refractivity contribution is 7.90. The lowest BCUT2D eigenvalue weighted by Crippen LogP contribution is -2.49. The summed E-state index contributed by atoms with van der Waals surface area (Å²) >= 11 is 0. The third kappa shape index (κ3) is 6.74. The van der Waals surface area contributed by atoms with E-state index < -0.39 is 15.9 Å². The van der Waals surface area contributed by atoms with Gasteiger partial charge in [0.05, 0.1) is 22.3 Å². The van der Waals surface area contributed by atoms with Crippen LogP contribution in [0.2, 0.25) is 0 Å². The number of hydrogen-bond acceptors (Lipinski definition) is 7. The maximum Gasteiger partial charge on any atom is 0.264 e. The number of fused-ring (bicyclic) bond motifs is 1. The molecule has 3 aliphatic rings. The summed E-state index contributed by atoms with van der Waals surface area (Å²) in [6.45, 7) is 5.26. The average molecular weight is 668 g/mol. The van der Waals surface area contributed by atoms with Gasteiger partial charge in [-0.15, -0.1) is 0 Å². The van der Waals surface area contributed by atoms with Crippen molar-refractivity contribution in [3.63, 3.8) is 0 Å². The van der Waals surface area contributed by atoms with Crippen LogP contribution in [-0.2, 0) is 32.6 Å². The zero-order valence-corrected chi connectivity index (χ0v) is 28.0. The molecule has 48 heavy (non-hydrogen) atoms. The Hall–Kier alpha value is -4.51. The van der Waals surface area contributed by atoms with Gasteiger partial charge in [0.15, 0.2) is 0 Å². The second kappa shape index (κ2) is 13.2. The molecular formula is C37H41N5O5S. The first-order valence-electron chi connectivity index (χ1n) is 17.0. The number of hydrogen-bond donors (Lipinski definition) is 1. The van der Waals surface area contributed by atoms with Crippen molar-refractivity contribution in [1.82, 2.24) is 19.2 Å². The number of nitrogens with zero attached hydrogens (tertiary/aromatic N) is 4. The summed E-state index contributed by atoms with van der Waals surface area (Å²) in [6, 6.07) is 20.1.